The van der Waals surface area contributed by atoms with Gasteiger partial charge in [-0.1, -0.05) is 6.92 Å². The molecule has 2 aliphatic rings. The maximum Gasteiger partial charge on any atom is 0.241 e. The van der Waals surface area contributed by atoms with Gasteiger partial charge in [-0.2, -0.15) is 11.3 Å². The highest BCUT2D eigenvalue weighted by atomic mass is 32.1. The summed E-state index contributed by atoms with van der Waals surface area (Å²) in [6.07, 6.45) is 3.09. The van der Waals surface area contributed by atoms with E-state index in [1.165, 1.54) is 5.56 Å². The number of rotatable bonds is 5. The fraction of sp³-hybridized carbons (Fsp3) is 0.667. The first-order chi connectivity index (χ1) is 9.79. The van der Waals surface area contributed by atoms with Crippen molar-refractivity contribution in [1.82, 2.24) is 10.2 Å². The van der Waals surface area contributed by atoms with Gasteiger partial charge in [0, 0.05) is 19.8 Å². The van der Waals surface area contributed by atoms with E-state index < -0.39 is 0 Å². The predicted octanol–water partition coefficient (Wildman–Crippen LogP) is 2.38. The van der Waals surface area contributed by atoms with E-state index in [-0.39, 0.29) is 18.1 Å². The molecule has 20 heavy (non-hydrogen) atoms. The summed E-state index contributed by atoms with van der Waals surface area (Å²) in [6.45, 7) is 4.63. The molecular formula is C15H22N2O2S. The lowest BCUT2D eigenvalue weighted by Crippen LogP contribution is -2.32. The van der Waals surface area contributed by atoms with Gasteiger partial charge in [-0.3, -0.25) is 10.1 Å². The molecular weight excluding hydrogens is 272 g/mol. The van der Waals surface area contributed by atoms with Crippen LogP contribution in [-0.4, -0.2) is 36.6 Å². The van der Waals surface area contributed by atoms with Crippen LogP contribution in [-0.2, 0) is 9.53 Å². The molecule has 0 radical (unpaired) electrons. The van der Waals surface area contributed by atoms with Gasteiger partial charge in [0.25, 0.3) is 0 Å². The average Bonchev–Trinajstić information content (AvgIpc) is 3.18. The van der Waals surface area contributed by atoms with E-state index in [1.54, 1.807) is 11.3 Å². The van der Waals surface area contributed by atoms with Crippen LogP contribution in [0.15, 0.2) is 16.8 Å². The van der Waals surface area contributed by atoms with Gasteiger partial charge in [0.1, 0.15) is 6.17 Å². The first kappa shape index (κ1) is 14.0. The Morgan fingerprint density at radius 3 is 3.10 bits per heavy atom. The Labute approximate surface area is 124 Å². The molecule has 2 aliphatic heterocycles. The number of hydrogen-bond donors (Lipinski definition) is 1. The Balaban J connectivity index is 1.68. The normalized spacial score (nSPS) is 30.4. The number of amides is 1. The minimum absolute atomic E-state index is 0.0280. The molecule has 0 spiro atoms. The fourth-order valence-corrected chi connectivity index (χ4v) is 3.73. The molecule has 2 saturated heterocycles. The van der Waals surface area contributed by atoms with Crippen molar-refractivity contribution in [3.63, 3.8) is 0 Å². The third-order valence-corrected chi connectivity index (χ3v) is 5.02. The zero-order valence-corrected chi connectivity index (χ0v) is 12.7. The second-order valence-electron chi connectivity index (χ2n) is 5.64. The molecule has 1 amide bonds. The molecule has 3 atom stereocenters. The van der Waals surface area contributed by atoms with Crippen LogP contribution in [0.1, 0.15) is 37.9 Å². The molecule has 0 bridgehead atoms. The summed E-state index contributed by atoms with van der Waals surface area (Å²) >= 11 is 1.68. The van der Waals surface area contributed by atoms with Crippen LogP contribution >= 0.6 is 11.3 Å². The van der Waals surface area contributed by atoms with Gasteiger partial charge in [0.15, 0.2) is 0 Å². The highest BCUT2D eigenvalue weighted by Gasteiger charge is 2.38. The highest BCUT2D eigenvalue weighted by molar-refractivity contribution is 7.07. The topological polar surface area (TPSA) is 41.6 Å². The van der Waals surface area contributed by atoms with Gasteiger partial charge in [-0.15, -0.1) is 0 Å². The third-order valence-electron chi connectivity index (χ3n) is 4.32. The van der Waals surface area contributed by atoms with E-state index in [2.05, 4.69) is 29.1 Å². The molecule has 5 heteroatoms. The van der Waals surface area contributed by atoms with E-state index in [1.807, 2.05) is 4.90 Å². The number of carbonyl (C=O) groups is 1. The zero-order chi connectivity index (χ0) is 13.9. The standard InChI is InChI=1S/C15H22N2O2S/c1-2-13-15(18)17(6-3-11-4-7-19-9-11)14(16-13)12-5-8-20-10-12/h5,8,10-11,13-14,16H,2-4,6-7,9H2,1H3. The Morgan fingerprint density at radius 1 is 1.55 bits per heavy atom. The van der Waals surface area contributed by atoms with Gasteiger partial charge in [-0.05, 0) is 47.6 Å². The quantitative estimate of drug-likeness (QED) is 0.906. The molecule has 0 aromatic carbocycles. The smallest absolute Gasteiger partial charge is 0.241 e. The van der Waals surface area contributed by atoms with Gasteiger partial charge >= 0.3 is 0 Å². The van der Waals surface area contributed by atoms with Crippen molar-refractivity contribution >= 4 is 17.2 Å². The summed E-state index contributed by atoms with van der Waals surface area (Å²) in [5.41, 5.74) is 1.21. The van der Waals surface area contributed by atoms with Crippen LogP contribution in [0.3, 0.4) is 0 Å². The second kappa shape index (κ2) is 6.24. The fourth-order valence-electron chi connectivity index (χ4n) is 3.05. The molecule has 3 rings (SSSR count). The van der Waals surface area contributed by atoms with Gasteiger partial charge < -0.3 is 9.64 Å². The molecule has 0 saturated carbocycles. The first-order valence-corrected chi connectivity index (χ1v) is 8.40. The molecule has 2 fully saturated rings. The SMILES string of the molecule is CCC1NC(c2ccsc2)N(CCC2CCOC2)C1=O. The van der Waals surface area contributed by atoms with Crippen molar-refractivity contribution in [1.29, 1.82) is 0 Å². The largest absolute Gasteiger partial charge is 0.381 e. The number of carbonyl (C=O) groups excluding carboxylic acids is 1. The maximum absolute atomic E-state index is 12.5. The van der Waals surface area contributed by atoms with Crippen molar-refractivity contribution in [3.8, 4) is 0 Å². The average molecular weight is 294 g/mol. The van der Waals surface area contributed by atoms with Crippen LogP contribution < -0.4 is 5.32 Å². The zero-order valence-electron chi connectivity index (χ0n) is 11.9. The van der Waals surface area contributed by atoms with Crippen molar-refractivity contribution in [2.24, 2.45) is 5.92 Å². The number of thiophene rings is 1. The predicted molar refractivity (Wildman–Crippen MR) is 79.5 cm³/mol. The van der Waals surface area contributed by atoms with Crippen molar-refractivity contribution in [3.05, 3.63) is 22.4 Å². The molecule has 110 valence electrons. The number of ether oxygens (including phenoxy) is 1. The Morgan fingerprint density at radius 2 is 2.45 bits per heavy atom. The molecule has 0 aliphatic carbocycles. The van der Waals surface area contributed by atoms with Crippen LogP contribution in [0.25, 0.3) is 0 Å². The van der Waals surface area contributed by atoms with E-state index in [9.17, 15) is 4.79 Å². The minimum Gasteiger partial charge on any atom is -0.381 e. The van der Waals surface area contributed by atoms with Gasteiger partial charge in [0.2, 0.25) is 5.91 Å². The van der Waals surface area contributed by atoms with Crippen LogP contribution in [0.4, 0.5) is 0 Å². The molecule has 1 aromatic rings. The van der Waals surface area contributed by atoms with E-state index in [4.69, 9.17) is 4.74 Å². The van der Waals surface area contributed by atoms with E-state index in [0.717, 1.165) is 39.0 Å². The lowest BCUT2D eigenvalue weighted by atomic mass is 10.0. The van der Waals surface area contributed by atoms with Crippen molar-refractivity contribution < 1.29 is 9.53 Å². The summed E-state index contributed by atoms with van der Waals surface area (Å²) in [5, 5.41) is 7.68. The lowest BCUT2D eigenvalue weighted by Gasteiger charge is -2.24. The number of hydrogen-bond acceptors (Lipinski definition) is 4. The van der Waals surface area contributed by atoms with Crippen LogP contribution in [0.2, 0.25) is 0 Å². The second-order valence-corrected chi connectivity index (χ2v) is 6.42. The number of nitrogens with one attached hydrogen (secondary N) is 1. The molecule has 4 nitrogen and oxygen atoms in total. The van der Waals surface area contributed by atoms with Gasteiger partial charge in [-0.25, -0.2) is 0 Å². The highest BCUT2D eigenvalue weighted by Crippen LogP contribution is 2.29. The number of nitrogens with zero attached hydrogens (tertiary/aromatic N) is 1. The molecule has 3 heterocycles. The maximum atomic E-state index is 12.5. The first-order valence-electron chi connectivity index (χ1n) is 7.46. The lowest BCUT2D eigenvalue weighted by molar-refractivity contribution is -0.130. The summed E-state index contributed by atoms with van der Waals surface area (Å²) in [7, 11) is 0. The monoisotopic (exact) mass is 294 g/mol. The summed E-state index contributed by atoms with van der Waals surface area (Å²) < 4.78 is 5.42. The molecule has 3 unspecified atom stereocenters. The minimum atomic E-state index is -0.0280. The Kier molecular flexibility index (Phi) is 4.38. The molecule has 1 N–H and O–H groups in total. The van der Waals surface area contributed by atoms with Crippen LogP contribution in [0.5, 0.6) is 0 Å². The summed E-state index contributed by atoms with van der Waals surface area (Å²) in [4.78, 5) is 14.5. The summed E-state index contributed by atoms with van der Waals surface area (Å²) in [6, 6.07) is 2.08. The third kappa shape index (κ3) is 2.75. The Hall–Kier alpha value is -0.910. The Bertz CT molecular complexity index is 443. The van der Waals surface area contributed by atoms with Crippen LogP contribution in [0, 0.1) is 5.92 Å². The molecule has 1 aromatic heterocycles. The van der Waals surface area contributed by atoms with Crippen molar-refractivity contribution in [2.75, 3.05) is 19.8 Å². The summed E-state index contributed by atoms with van der Waals surface area (Å²) in [5.74, 6) is 0.870. The van der Waals surface area contributed by atoms with E-state index >= 15 is 0 Å². The van der Waals surface area contributed by atoms with Gasteiger partial charge in [0.05, 0.1) is 6.04 Å². The van der Waals surface area contributed by atoms with Crippen molar-refractivity contribution in [2.45, 2.75) is 38.4 Å². The van der Waals surface area contributed by atoms with E-state index in [0.29, 0.717) is 5.92 Å².